The summed E-state index contributed by atoms with van der Waals surface area (Å²) in [4.78, 5) is 36.0. The number of hydrogen-bond donors (Lipinski definition) is 3. The van der Waals surface area contributed by atoms with Crippen LogP contribution in [0.2, 0.25) is 0 Å². The third-order valence-corrected chi connectivity index (χ3v) is 5.88. The Kier molecular flexibility index (Phi) is 6.95. The first-order valence-electron chi connectivity index (χ1n) is 10.4. The fourth-order valence-electron chi connectivity index (χ4n) is 4.08. The molecule has 7 heteroatoms. The highest BCUT2D eigenvalue weighted by atomic mass is 16.5. The summed E-state index contributed by atoms with van der Waals surface area (Å²) in [7, 11) is 1.63. The maximum Gasteiger partial charge on any atom is 0.305 e. The van der Waals surface area contributed by atoms with E-state index in [2.05, 4.69) is 10.6 Å². The Balaban J connectivity index is 1.73. The molecule has 0 aromatic heterocycles. The lowest BCUT2D eigenvalue weighted by Gasteiger charge is -2.29. The average Bonchev–Trinajstić information content (AvgIpc) is 3.25. The van der Waals surface area contributed by atoms with Crippen LogP contribution >= 0.6 is 0 Å². The molecule has 0 atom stereocenters. The zero-order valence-corrected chi connectivity index (χ0v) is 17.9. The molecule has 164 valence electrons. The van der Waals surface area contributed by atoms with Crippen LogP contribution in [0.15, 0.2) is 42.5 Å². The summed E-state index contributed by atoms with van der Waals surface area (Å²) in [5, 5.41) is 14.2. The predicted octanol–water partition coefficient (Wildman–Crippen LogP) is 3.66. The predicted molar refractivity (Wildman–Crippen MR) is 118 cm³/mol. The van der Waals surface area contributed by atoms with Gasteiger partial charge in [0.2, 0.25) is 5.91 Å². The van der Waals surface area contributed by atoms with Crippen LogP contribution in [0.5, 0.6) is 5.75 Å². The molecule has 1 aliphatic rings. The number of carboxylic acids is 1. The van der Waals surface area contributed by atoms with Gasteiger partial charge < -0.3 is 20.5 Å². The number of anilines is 1. The molecule has 1 aliphatic carbocycles. The number of carbonyl (C=O) groups excluding carboxylic acids is 2. The highest BCUT2D eigenvalue weighted by Crippen LogP contribution is 2.43. The molecular formula is C24H28N2O5. The van der Waals surface area contributed by atoms with Crippen LogP contribution in [0, 0.1) is 6.92 Å². The molecule has 3 N–H and O–H groups in total. The van der Waals surface area contributed by atoms with Gasteiger partial charge in [0, 0.05) is 17.8 Å². The first kappa shape index (κ1) is 22.3. The lowest BCUT2D eigenvalue weighted by Crippen LogP contribution is -2.38. The Morgan fingerprint density at radius 3 is 2.35 bits per heavy atom. The van der Waals surface area contributed by atoms with Gasteiger partial charge in [0.1, 0.15) is 5.75 Å². The van der Waals surface area contributed by atoms with Crippen LogP contribution in [0.3, 0.4) is 0 Å². The normalized spacial score (nSPS) is 14.6. The second kappa shape index (κ2) is 9.64. The summed E-state index contributed by atoms with van der Waals surface area (Å²) < 4.78 is 5.46. The molecule has 0 unspecified atom stereocenters. The molecule has 0 radical (unpaired) electrons. The topological polar surface area (TPSA) is 105 Å². The van der Waals surface area contributed by atoms with Gasteiger partial charge in [0.15, 0.2) is 0 Å². The Bertz CT molecular complexity index is 962. The number of amides is 2. The number of carbonyl (C=O) groups is 3. The van der Waals surface area contributed by atoms with Crippen LogP contribution in [-0.4, -0.2) is 36.5 Å². The molecule has 2 amide bonds. The molecule has 0 spiro atoms. The number of methoxy groups -OCH3 is 1. The lowest BCUT2D eigenvalue weighted by molar-refractivity contribution is -0.136. The van der Waals surface area contributed by atoms with Gasteiger partial charge in [-0.3, -0.25) is 14.4 Å². The van der Waals surface area contributed by atoms with Crippen LogP contribution in [0.4, 0.5) is 5.69 Å². The number of benzene rings is 2. The van der Waals surface area contributed by atoms with Gasteiger partial charge in [-0.25, -0.2) is 0 Å². The zero-order chi connectivity index (χ0) is 22.4. The van der Waals surface area contributed by atoms with Crippen molar-refractivity contribution < 1.29 is 24.2 Å². The number of carboxylic acid groups (broad SMARTS) is 1. The van der Waals surface area contributed by atoms with Crippen molar-refractivity contribution in [3.63, 3.8) is 0 Å². The van der Waals surface area contributed by atoms with Crippen LogP contribution in [-0.2, 0) is 15.0 Å². The summed E-state index contributed by atoms with van der Waals surface area (Å²) >= 11 is 0. The minimum absolute atomic E-state index is 0.0606. The Morgan fingerprint density at radius 2 is 1.74 bits per heavy atom. The van der Waals surface area contributed by atoms with E-state index in [1.807, 2.05) is 25.1 Å². The Labute approximate surface area is 181 Å². The smallest absolute Gasteiger partial charge is 0.305 e. The van der Waals surface area contributed by atoms with E-state index in [4.69, 9.17) is 9.84 Å². The summed E-state index contributed by atoms with van der Waals surface area (Å²) in [6.45, 7) is 2.04. The maximum atomic E-state index is 13.4. The summed E-state index contributed by atoms with van der Waals surface area (Å²) in [5.74, 6) is -0.604. The van der Waals surface area contributed by atoms with Crippen LogP contribution < -0.4 is 15.4 Å². The number of rotatable bonds is 8. The molecular weight excluding hydrogens is 396 g/mol. The number of aryl methyl sites for hydroxylation is 1. The van der Waals surface area contributed by atoms with Gasteiger partial charge in [-0.15, -0.1) is 0 Å². The largest absolute Gasteiger partial charge is 0.496 e. The summed E-state index contributed by atoms with van der Waals surface area (Å²) in [6, 6.07) is 12.5. The van der Waals surface area contributed by atoms with Crippen molar-refractivity contribution in [2.24, 2.45) is 0 Å². The molecule has 0 heterocycles. The van der Waals surface area contributed by atoms with Crippen molar-refractivity contribution in [1.29, 1.82) is 0 Å². The molecule has 0 aliphatic heterocycles. The monoisotopic (exact) mass is 424 g/mol. The summed E-state index contributed by atoms with van der Waals surface area (Å²) in [6.07, 6.45) is 3.38. The van der Waals surface area contributed by atoms with Crippen molar-refractivity contribution in [3.8, 4) is 5.75 Å². The minimum atomic E-state index is -0.967. The van der Waals surface area contributed by atoms with Crippen molar-refractivity contribution in [1.82, 2.24) is 5.32 Å². The van der Waals surface area contributed by atoms with E-state index in [0.29, 0.717) is 11.3 Å². The van der Waals surface area contributed by atoms with Crippen LogP contribution in [0.1, 0.15) is 53.6 Å². The van der Waals surface area contributed by atoms with Gasteiger partial charge in [-0.05, 0) is 61.2 Å². The highest BCUT2D eigenvalue weighted by Gasteiger charge is 2.43. The van der Waals surface area contributed by atoms with Gasteiger partial charge in [-0.2, -0.15) is 0 Å². The van der Waals surface area contributed by atoms with E-state index in [1.165, 1.54) is 0 Å². The second-order valence-electron chi connectivity index (χ2n) is 7.90. The summed E-state index contributed by atoms with van der Waals surface area (Å²) in [5.41, 5.74) is 2.39. The molecule has 31 heavy (non-hydrogen) atoms. The fourth-order valence-corrected chi connectivity index (χ4v) is 4.08. The van der Waals surface area contributed by atoms with Crippen LogP contribution in [0.25, 0.3) is 0 Å². The maximum absolute atomic E-state index is 13.4. The van der Waals surface area contributed by atoms with Gasteiger partial charge >= 0.3 is 5.97 Å². The van der Waals surface area contributed by atoms with E-state index < -0.39 is 11.4 Å². The average molecular weight is 424 g/mol. The third kappa shape index (κ3) is 5.05. The third-order valence-electron chi connectivity index (χ3n) is 5.88. The Hall–Kier alpha value is -3.35. The number of hydrogen-bond acceptors (Lipinski definition) is 4. The van der Waals surface area contributed by atoms with Crippen molar-refractivity contribution >= 4 is 23.5 Å². The molecule has 2 aromatic rings. The molecule has 7 nitrogen and oxygen atoms in total. The molecule has 1 fully saturated rings. The first-order chi connectivity index (χ1) is 14.9. The molecule has 3 rings (SSSR count). The van der Waals surface area contributed by atoms with Crippen molar-refractivity contribution in [2.75, 3.05) is 19.0 Å². The van der Waals surface area contributed by atoms with E-state index in [0.717, 1.165) is 42.6 Å². The quantitative estimate of drug-likeness (QED) is 0.600. The van der Waals surface area contributed by atoms with Crippen molar-refractivity contribution in [3.05, 3.63) is 59.2 Å². The number of ether oxygens (including phenoxy) is 1. The van der Waals surface area contributed by atoms with Crippen molar-refractivity contribution in [2.45, 2.75) is 44.4 Å². The minimum Gasteiger partial charge on any atom is -0.496 e. The number of nitrogens with one attached hydrogen (secondary N) is 2. The standard InChI is InChI=1S/C24H28N2O5/c1-16-5-8-18(15-20(16)31-2)24(12-3-4-13-24)23(30)26-19-9-6-17(7-10-19)22(29)25-14-11-21(27)28/h5-10,15H,3-4,11-14H2,1-2H3,(H,25,29)(H,26,30)(H,27,28). The molecule has 0 bridgehead atoms. The number of aliphatic carboxylic acids is 1. The van der Waals surface area contributed by atoms with E-state index in [1.54, 1.807) is 31.4 Å². The van der Waals surface area contributed by atoms with Gasteiger partial charge in [0.05, 0.1) is 18.9 Å². The van der Waals surface area contributed by atoms with Gasteiger partial charge in [0.25, 0.3) is 5.91 Å². The lowest BCUT2D eigenvalue weighted by atomic mass is 9.77. The molecule has 1 saturated carbocycles. The Morgan fingerprint density at radius 1 is 1.06 bits per heavy atom. The van der Waals surface area contributed by atoms with Gasteiger partial charge in [-0.1, -0.05) is 25.0 Å². The first-order valence-corrected chi connectivity index (χ1v) is 10.4. The SMILES string of the molecule is COc1cc(C2(C(=O)Nc3ccc(C(=O)NCCC(=O)O)cc3)CCCC2)ccc1C. The molecule has 2 aromatic carbocycles. The zero-order valence-electron chi connectivity index (χ0n) is 17.9. The second-order valence-corrected chi connectivity index (χ2v) is 7.90. The van der Waals surface area contributed by atoms with E-state index in [-0.39, 0.29) is 24.8 Å². The van der Waals surface area contributed by atoms with E-state index in [9.17, 15) is 14.4 Å². The fraction of sp³-hybridized carbons (Fsp3) is 0.375. The highest BCUT2D eigenvalue weighted by molar-refractivity contribution is 6.00. The van der Waals surface area contributed by atoms with E-state index >= 15 is 0 Å². The molecule has 0 saturated heterocycles.